The average molecular weight is 514 g/mol. The molecule has 0 bridgehead atoms. The van der Waals surface area contributed by atoms with Crippen molar-refractivity contribution in [2.45, 2.75) is 83.3 Å². The Morgan fingerprint density at radius 2 is 1.23 bits per heavy atom. The lowest BCUT2D eigenvalue weighted by Gasteiger charge is -2.60. The van der Waals surface area contributed by atoms with Crippen LogP contribution in [0.25, 0.3) is 0 Å². The molecule has 0 aromatic heterocycles. The SMILES string of the molecule is CC(C)(C1CCCS1(=O)=O)C(C)(C)C(C)(C)C(F)(I)C(C)(C)C(F)(F)F. The molecule has 0 aliphatic carbocycles. The minimum absolute atomic E-state index is 0.0800. The van der Waals surface area contributed by atoms with Crippen LogP contribution in [0.1, 0.15) is 68.2 Å². The number of sulfone groups is 1. The quantitative estimate of drug-likeness (QED) is 0.244. The van der Waals surface area contributed by atoms with E-state index < -0.39 is 46.6 Å². The summed E-state index contributed by atoms with van der Waals surface area (Å²) in [6.07, 6.45) is -3.75. The van der Waals surface area contributed by atoms with Crippen molar-refractivity contribution in [1.29, 1.82) is 0 Å². The first-order valence-electron chi connectivity index (χ1n) is 8.75. The highest BCUT2D eigenvalue weighted by Crippen LogP contribution is 2.68. The predicted octanol–water partition coefficient (Wildman–Crippen LogP) is 6.33. The number of rotatable bonds is 5. The van der Waals surface area contributed by atoms with Crippen LogP contribution in [0.15, 0.2) is 0 Å². The van der Waals surface area contributed by atoms with Crippen LogP contribution < -0.4 is 0 Å². The van der Waals surface area contributed by atoms with Crippen LogP contribution in [0, 0.1) is 21.7 Å². The predicted molar refractivity (Wildman–Crippen MR) is 106 cm³/mol. The van der Waals surface area contributed by atoms with Crippen molar-refractivity contribution < 1.29 is 26.0 Å². The monoisotopic (exact) mass is 514 g/mol. The van der Waals surface area contributed by atoms with E-state index in [2.05, 4.69) is 0 Å². The summed E-state index contributed by atoms with van der Waals surface area (Å²) in [7, 11) is -3.34. The third-order valence-corrected chi connectivity index (χ3v) is 12.8. The van der Waals surface area contributed by atoms with Crippen molar-refractivity contribution in [3.05, 3.63) is 0 Å². The van der Waals surface area contributed by atoms with Gasteiger partial charge in [-0.15, -0.1) is 0 Å². The van der Waals surface area contributed by atoms with E-state index in [1.165, 1.54) is 36.4 Å². The van der Waals surface area contributed by atoms with Crippen LogP contribution >= 0.6 is 22.6 Å². The molecule has 0 N–H and O–H groups in total. The Balaban J connectivity index is 3.54. The van der Waals surface area contributed by atoms with Gasteiger partial charge in [0.15, 0.2) is 13.5 Å². The van der Waals surface area contributed by atoms with Gasteiger partial charge in [-0.1, -0.05) is 41.5 Å². The fraction of sp³-hybridized carbons (Fsp3) is 1.00. The normalized spacial score (nSPS) is 25.2. The molecule has 1 rings (SSSR count). The summed E-state index contributed by atoms with van der Waals surface area (Å²) in [6.45, 7) is 11.6. The molecule has 156 valence electrons. The van der Waals surface area contributed by atoms with Gasteiger partial charge in [0.2, 0.25) is 0 Å². The third kappa shape index (κ3) is 3.22. The number of hydrogen-bond acceptors (Lipinski definition) is 2. The zero-order valence-electron chi connectivity index (χ0n) is 16.8. The van der Waals surface area contributed by atoms with Gasteiger partial charge in [0.25, 0.3) is 0 Å². The number of alkyl halides is 5. The first-order valence-corrected chi connectivity index (χ1v) is 11.5. The van der Waals surface area contributed by atoms with E-state index in [0.717, 1.165) is 13.8 Å². The molecule has 2 nitrogen and oxygen atoms in total. The molecule has 2 atom stereocenters. The molecule has 1 fully saturated rings. The molecule has 0 amide bonds. The van der Waals surface area contributed by atoms with Crippen molar-refractivity contribution in [3.63, 3.8) is 0 Å². The van der Waals surface area contributed by atoms with Crippen LogP contribution in [-0.4, -0.2) is 29.3 Å². The van der Waals surface area contributed by atoms with Gasteiger partial charge in [-0.2, -0.15) is 13.2 Å². The van der Waals surface area contributed by atoms with Crippen molar-refractivity contribution in [2.24, 2.45) is 21.7 Å². The second kappa shape index (κ2) is 6.46. The topological polar surface area (TPSA) is 34.1 Å². The maximum absolute atomic E-state index is 16.0. The summed E-state index contributed by atoms with van der Waals surface area (Å²) in [5.74, 6) is 0.0800. The molecule has 1 aliphatic rings. The molecule has 1 heterocycles. The molecule has 1 saturated heterocycles. The summed E-state index contributed by atoms with van der Waals surface area (Å²) < 4.78 is 79.2. The fourth-order valence-corrected chi connectivity index (χ4v) is 7.71. The molecule has 0 aromatic rings. The maximum atomic E-state index is 16.0. The van der Waals surface area contributed by atoms with Crippen LogP contribution in [-0.2, 0) is 9.84 Å². The standard InChI is InChI=1S/C18H31F4IO2S/c1-13(2,12-10-9-11-26(12,24)25)14(3,4)15(5,6)17(19,23)16(7,8)18(20,21)22/h12H,9-11H2,1-8H3. The second-order valence-electron chi connectivity index (χ2n) is 9.67. The second-order valence-corrected chi connectivity index (χ2v) is 13.5. The van der Waals surface area contributed by atoms with Crippen LogP contribution in [0.4, 0.5) is 17.6 Å². The highest BCUT2D eigenvalue weighted by molar-refractivity contribution is 14.1. The van der Waals surface area contributed by atoms with Gasteiger partial charge < -0.3 is 0 Å². The van der Waals surface area contributed by atoms with Crippen LogP contribution in [0.2, 0.25) is 0 Å². The van der Waals surface area contributed by atoms with E-state index in [9.17, 15) is 21.6 Å². The fourth-order valence-electron chi connectivity index (χ4n) is 4.16. The van der Waals surface area contributed by atoms with Gasteiger partial charge in [-0.3, -0.25) is 0 Å². The lowest BCUT2D eigenvalue weighted by molar-refractivity contribution is -0.261. The molecule has 0 saturated carbocycles. The van der Waals surface area contributed by atoms with E-state index >= 15 is 4.39 Å². The van der Waals surface area contributed by atoms with Crippen molar-refractivity contribution in [2.75, 3.05) is 5.75 Å². The number of halogens is 5. The minimum Gasteiger partial charge on any atom is -0.231 e. The molecule has 0 aromatic carbocycles. The zero-order chi connectivity index (χ0) is 21.2. The first-order chi connectivity index (χ1) is 11.1. The zero-order valence-corrected chi connectivity index (χ0v) is 19.8. The molecule has 0 radical (unpaired) electrons. The highest BCUT2D eigenvalue weighted by atomic mass is 127. The molecule has 0 spiro atoms. The van der Waals surface area contributed by atoms with E-state index in [0.29, 0.717) is 12.8 Å². The molecular weight excluding hydrogens is 483 g/mol. The Morgan fingerprint density at radius 1 is 0.808 bits per heavy atom. The maximum Gasteiger partial charge on any atom is 0.397 e. The lowest BCUT2D eigenvalue weighted by atomic mass is 9.49. The van der Waals surface area contributed by atoms with Gasteiger partial charge in [0.05, 0.1) is 11.0 Å². The smallest absolute Gasteiger partial charge is 0.231 e. The summed E-state index contributed by atoms with van der Waals surface area (Å²) in [4.78, 5) is 0. The van der Waals surface area contributed by atoms with Gasteiger partial charge >= 0.3 is 6.18 Å². The summed E-state index contributed by atoms with van der Waals surface area (Å²) in [6, 6.07) is 0. The molecular formula is C18H31F4IO2S. The summed E-state index contributed by atoms with van der Waals surface area (Å²) >= 11 is 1.29. The van der Waals surface area contributed by atoms with Gasteiger partial charge in [-0.25, -0.2) is 12.8 Å². The first kappa shape index (κ1) is 24.4. The van der Waals surface area contributed by atoms with E-state index in [1.54, 1.807) is 27.7 Å². The Kier molecular flexibility index (Phi) is 6.07. The van der Waals surface area contributed by atoms with E-state index in [4.69, 9.17) is 0 Å². The molecule has 2 unspecified atom stereocenters. The Labute approximate surface area is 168 Å². The largest absolute Gasteiger partial charge is 0.397 e. The van der Waals surface area contributed by atoms with Crippen LogP contribution in [0.5, 0.6) is 0 Å². The Bertz CT molecular complexity index is 647. The Morgan fingerprint density at radius 3 is 1.54 bits per heavy atom. The highest BCUT2D eigenvalue weighted by Gasteiger charge is 2.71. The van der Waals surface area contributed by atoms with Crippen molar-refractivity contribution in [3.8, 4) is 0 Å². The van der Waals surface area contributed by atoms with Crippen molar-refractivity contribution in [1.82, 2.24) is 0 Å². The summed E-state index contributed by atoms with van der Waals surface area (Å²) in [5, 5.41) is -0.689. The molecule has 1 aliphatic heterocycles. The third-order valence-electron chi connectivity index (χ3n) is 7.59. The van der Waals surface area contributed by atoms with Gasteiger partial charge in [0.1, 0.15) is 5.41 Å². The van der Waals surface area contributed by atoms with Crippen LogP contribution in [0.3, 0.4) is 0 Å². The number of hydrogen-bond donors (Lipinski definition) is 0. The van der Waals surface area contributed by atoms with Gasteiger partial charge in [-0.05, 0) is 60.1 Å². The molecule has 26 heavy (non-hydrogen) atoms. The summed E-state index contributed by atoms with van der Waals surface area (Å²) in [5.41, 5.74) is -6.02. The van der Waals surface area contributed by atoms with E-state index in [1.807, 2.05) is 0 Å². The van der Waals surface area contributed by atoms with E-state index in [-0.39, 0.29) is 5.75 Å². The van der Waals surface area contributed by atoms with Crippen molar-refractivity contribution >= 4 is 32.4 Å². The minimum atomic E-state index is -4.74. The molecule has 8 heteroatoms. The van der Waals surface area contributed by atoms with Gasteiger partial charge in [0, 0.05) is 5.41 Å². The lowest BCUT2D eigenvalue weighted by Crippen LogP contribution is -2.63. The Hall–Kier alpha value is 0.400. The average Bonchev–Trinajstić information content (AvgIpc) is 2.76.